The van der Waals surface area contributed by atoms with Crippen LogP contribution in [0.15, 0.2) is 12.4 Å². The summed E-state index contributed by atoms with van der Waals surface area (Å²) in [5, 5.41) is 3.85. The van der Waals surface area contributed by atoms with Gasteiger partial charge in [0.05, 0.1) is 6.20 Å². The van der Waals surface area contributed by atoms with Gasteiger partial charge in [-0.3, -0.25) is 4.68 Å². The molecule has 0 fully saturated rings. The highest BCUT2D eigenvalue weighted by molar-refractivity contribution is 5.04. The fraction of sp³-hybridized carbons (Fsp3) is 0.667. The van der Waals surface area contributed by atoms with Crippen LogP contribution in [-0.4, -0.2) is 16.2 Å². The van der Waals surface area contributed by atoms with Gasteiger partial charge in [0, 0.05) is 6.20 Å². The summed E-state index contributed by atoms with van der Waals surface area (Å²) in [4.78, 5) is 0. The van der Waals surface area contributed by atoms with Gasteiger partial charge in [0.1, 0.15) is 6.54 Å². The van der Waals surface area contributed by atoms with Crippen LogP contribution in [-0.2, 0) is 13.0 Å². The second-order valence-electron chi connectivity index (χ2n) is 3.56. The highest BCUT2D eigenvalue weighted by atomic mass is 19.3. The molecule has 1 heterocycles. The number of halogens is 2. The van der Waals surface area contributed by atoms with Gasteiger partial charge in [0.25, 0.3) is 6.43 Å². The highest BCUT2D eigenvalue weighted by Crippen LogP contribution is 2.07. The zero-order chi connectivity index (χ0) is 9.84. The summed E-state index contributed by atoms with van der Waals surface area (Å²) in [5.74, 6) is 0.532. The number of hydrogen-bond donors (Lipinski definition) is 0. The van der Waals surface area contributed by atoms with Gasteiger partial charge in [0.15, 0.2) is 0 Å². The predicted molar refractivity (Wildman–Crippen MR) is 46.8 cm³/mol. The van der Waals surface area contributed by atoms with Crippen molar-refractivity contribution in [1.29, 1.82) is 0 Å². The van der Waals surface area contributed by atoms with Crippen molar-refractivity contribution in [3.05, 3.63) is 18.0 Å². The molecule has 0 aliphatic carbocycles. The number of aromatic nitrogens is 2. The standard InChI is InChI=1S/C9H14F2N2/c1-7(2)3-8-4-12-13(5-8)6-9(10)11/h4-5,7,9H,3,6H2,1-2H3. The molecule has 0 radical (unpaired) electrons. The molecular weight excluding hydrogens is 174 g/mol. The molecule has 0 aliphatic heterocycles. The average molecular weight is 188 g/mol. The fourth-order valence-corrected chi connectivity index (χ4v) is 1.22. The molecule has 0 aromatic carbocycles. The molecule has 4 heteroatoms. The normalized spacial score (nSPS) is 11.5. The molecule has 0 spiro atoms. The smallest absolute Gasteiger partial charge is 0.257 e. The Labute approximate surface area is 76.6 Å². The second-order valence-corrected chi connectivity index (χ2v) is 3.56. The Balaban J connectivity index is 2.53. The first kappa shape index (κ1) is 10.2. The van der Waals surface area contributed by atoms with E-state index in [9.17, 15) is 8.78 Å². The minimum atomic E-state index is -2.33. The number of alkyl halides is 2. The summed E-state index contributed by atoms with van der Waals surface area (Å²) in [6, 6.07) is 0. The molecule has 0 unspecified atom stereocenters. The van der Waals surface area contributed by atoms with Gasteiger partial charge in [-0.05, 0) is 17.9 Å². The summed E-state index contributed by atoms with van der Waals surface area (Å²) in [5.41, 5.74) is 1.02. The average Bonchev–Trinajstić information content (AvgIpc) is 2.33. The molecule has 0 saturated carbocycles. The van der Waals surface area contributed by atoms with Crippen LogP contribution < -0.4 is 0 Å². The van der Waals surface area contributed by atoms with E-state index in [0.717, 1.165) is 12.0 Å². The number of hydrogen-bond acceptors (Lipinski definition) is 1. The Kier molecular flexibility index (Phi) is 3.39. The van der Waals surface area contributed by atoms with Gasteiger partial charge >= 0.3 is 0 Å². The molecule has 0 atom stereocenters. The van der Waals surface area contributed by atoms with Crippen LogP contribution in [0.4, 0.5) is 8.78 Å². The minimum Gasteiger partial charge on any atom is -0.267 e. The molecule has 1 aromatic heterocycles. The molecule has 2 nitrogen and oxygen atoms in total. The van der Waals surface area contributed by atoms with Crippen LogP contribution in [0, 0.1) is 5.92 Å². The van der Waals surface area contributed by atoms with E-state index in [1.807, 2.05) is 0 Å². The lowest BCUT2D eigenvalue weighted by Crippen LogP contribution is -2.06. The zero-order valence-corrected chi connectivity index (χ0v) is 7.87. The third kappa shape index (κ3) is 3.53. The van der Waals surface area contributed by atoms with E-state index < -0.39 is 6.43 Å². The van der Waals surface area contributed by atoms with Crippen molar-refractivity contribution in [2.75, 3.05) is 0 Å². The lowest BCUT2D eigenvalue weighted by atomic mass is 10.1. The third-order valence-electron chi connectivity index (χ3n) is 1.66. The van der Waals surface area contributed by atoms with E-state index in [1.165, 1.54) is 4.68 Å². The Morgan fingerprint density at radius 1 is 1.46 bits per heavy atom. The first-order valence-electron chi connectivity index (χ1n) is 4.37. The minimum absolute atomic E-state index is 0.307. The molecule has 74 valence electrons. The van der Waals surface area contributed by atoms with Gasteiger partial charge in [0.2, 0.25) is 0 Å². The van der Waals surface area contributed by atoms with Gasteiger partial charge in [-0.2, -0.15) is 5.10 Å². The van der Waals surface area contributed by atoms with Crippen LogP contribution in [0.5, 0.6) is 0 Å². The van der Waals surface area contributed by atoms with E-state index in [1.54, 1.807) is 12.4 Å². The van der Waals surface area contributed by atoms with Crippen LogP contribution >= 0.6 is 0 Å². The van der Waals surface area contributed by atoms with Crippen molar-refractivity contribution in [2.24, 2.45) is 5.92 Å². The topological polar surface area (TPSA) is 17.8 Å². The first-order valence-corrected chi connectivity index (χ1v) is 4.37. The van der Waals surface area contributed by atoms with Crippen LogP contribution in [0.2, 0.25) is 0 Å². The summed E-state index contributed by atoms with van der Waals surface area (Å²) in [7, 11) is 0. The summed E-state index contributed by atoms with van der Waals surface area (Å²) >= 11 is 0. The van der Waals surface area contributed by atoms with Gasteiger partial charge < -0.3 is 0 Å². The molecule has 0 amide bonds. The van der Waals surface area contributed by atoms with Crippen molar-refractivity contribution in [1.82, 2.24) is 9.78 Å². The third-order valence-corrected chi connectivity index (χ3v) is 1.66. The molecule has 0 N–H and O–H groups in total. The van der Waals surface area contributed by atoms with Crippen molar-refractivity contribution < 1.29 is 8.78 Å². The maximum Gasteiger partial charge on any atom is 0.257 e. The predicted octanol–water partition coefficient (Wildman–Crippen LogP) is 2.35. The number of rotatable bonds is 4. The first-order chi connectivity index (χ1) is 6.08. The van der Waals surface area contributed by atoms with Crippen molar-refractivity contribution >= 4 is 0 Å². The van der Waals surface area contributed by atoms with Crippen molar-refractivity contribution in [3.63, 3.8) is 0 Å². The van der Waals surface area contributed by atoms with Crippen molar-refractivity contribution in [3.8, 4) is 0 Å². The lowest BCUT2D eigenvalue weighted by molar-refractivity contribution is 0.122. The van der Waals surface area contributed by atoms with Gasteiger partial charge in [-0.25, -0.2) is 8.78 Å². The van der Waals surface area contributed by atoms with Gasteiger partial charge in [-0.1, -0.05) is 13.8 Å². The van der Waals surface area contributed by atoms with E-state index in [0.29, 0.717) is 5.92 Å². The Bertz CT molecular complexity index is 231. The van der Waals surface area contributed by atoms with Crippen molar-refractivity contribution in [2.45, 2.75) is 33.2 Å². The zero-order valence-electron chi connectivity index (χ0n) is 7.87. The van der Waals surface area contributed by atoms with E-state index in [-0.39, 0.29) is 6.54 Å². The van der Waals surface area contributed by atoms with E-state index >= 15 is 0 Å². The van der Waals surface area contributed by atoms with E-state index in [2.05, 4.69) is 18.9 Å². The SMILES string of the molecule is CC(C)Cc1cnn(CC(F)F)c1. The lowest BCUT2D eigenvalue weighted by Gasteiger charge is -2.00. The monoisotopic (exact) mass is 188 g/mol. The van der Waals surface area contributed by atoms with E-state index in [4.69, 9.17) is 0 Å². The van der Waals surface area contributed by atoms with Crippen LogP contribution in [0.1, 0.15) is 19.4 Å². The summed E-state index contributed by atoms with van der Waals surface area (Å²) in [6.45, 7) is 3.87. The number of nitrogens with zero attached hydrogens (tertiary/aromatic N) is 2. The molecule has 1 aromatic rings. The molecule has 0 saturated heterocycles. The molecule has 1 rings (SSSR count). The van der Waals surface area contributed by atoms with Gasteiger partial charge in [-0.15, -0.1) is 0 Å². The Hall–Kier alpha value is -0.930. The maximum absolute atomic E-state index is 11.9. The largest absolute Gasteiger partial charge is 0.267 e. The Morgan fingerprint density at radius 2 is 2.15 bits per heavy atom. The fourth-order valence-electron chi connectivity index (χ4n) is 1.22. The van der Waals surface area contributed by atoms with Crippen LogP contribution in [0.3, 0.4) is 0 Å². The quantitative estimate of drug-likeness (QED) is 0.709. The molecule has 0 bridgehead atoms. The summed E-state index contributed by atoms with van der Waals surface area (Å²) < 4.78 is 25.2. The molecule has 13 heavy (non-hydrogen) atoms. The van der Waals surface area contributed by atoms with Crippen LogP contribution in [0.25, 0.3) is 0 Å². The maximum atomic E-state index is 11.9. The molecular formula is C9H14F2N2. The summed E-state index contributed by atoms with van der Waals surface area (Å²) in [6.07, 6.45) is 1.91. The molecule has 0 aliphatic rings. The Morgan fingerprint density at radius 3 is 2.69 bits per heavy atom. The highest BCUT2D eigenvalue weighted by Gasteiger charge is 2.06. The second kappa shape index (κ2) is 4.35.